The Morgan fingerprint density at radius 2 is 1.68 bits per heavy atom. The Morgan fingerprint density at radius 1 is 1.03 bits per heavy atom. The molecule has 11 heteroatoms. The first-order chi connectivity index (χ1) is 16.0. The van der Waals surface area contributed by atoms with E-state index in [4.69, 9.17) is 4.74 Å². The maximum Gasteiger partial charge on any atom is 0.573 e. The van der Waals surface area contributed by atoms with Crippen LogP contribution in [0.4, 0.5) is 24.5 Å². The van der Waals surface area contributed by atoms with Gasteiger partial charge < -0.3 is 14.8 Å². The van der Waals surface area contributed by atoms with Crippen LogP contribution in [0.15, 0.2) is 77.7 Å². The standard InChI is InChI=1S/C23H19F3N2O5S/c1-15-6-12-18(13-7-15)34(30,31)28-14-21(32-20-5-3-2-4-19(20)28)22(29)27-16-8-10-17(11-9-16)33-23(24,25)26/h2-13,21H,14H2,1H3,(H,27,29)/t21-/m1/s1. The number of halogens is 3. The first-order valence-corrected chi connectivity index (χ1v) is 11.5. The highest BCUT2D eigenvalue weighted by atomic mass is 32.2. The van der Waals surface area contributed by atoms with E-state index in [1.54, 1.807) is 36.4 Å². The molecule has 1 atom stereocenters. The summed E-state index contributed by atoms with van der Waals surface area (Å²) in [5.74, 6) is -0.898. The van der Waals surface area contributed by atoms with Crippen LogP contribution >= 0.6 is 0 Å². The van der Waals surface area contributed by atoms with Gasteiger partial charge in [-0.05, 0) is 55.5 Å². The van der Waals surface area contributed by atoms with Crippen molar-refractivity contribution in [3.8, 4) is 11.5 Å². The molecule has 1 aliphatic rings. The van der Waals surface area contributed by atoms with Crippen molar-refractivity contribution in [2.24, 2.45) is 0 Å². The van der Waals surface area contributed by atoms with E-state index in [1.807, 2.05) is 6.92 Å². The van der Waals surface area contributed by atoms with Gasteiger partial charge in [-0.1, -0.05) is 29.8 Å². The number of carbonyl (C=O) groups is 1. The lowest BCUT2D eigenvalue weighted by Crippen LogP contribution is -2.48. The van der Waals surface area contributed by atoms with E-state index in [0.29, 0.717) is 5.69 Å². The molecule has 1 N–H and O–H groups in total. The lowest BCUT2D eigenvalue weighted by atomic mass is 10.2. The zero-order valence-corrected chi connectivity index (χ0v) is 18.6. The van der Waals surface area contributed by atoms with Gasteiger partial charge in [0.15, 0.2) is 6.10 Å². The first-order valence-electron chi connectivity index (χ1n) is 10.0. The van der Waals surface area contributed by atoms with Gasteiger partial charge in [0.05, 0.1) is 17.1 Å². The Balaban J connectivity index is 1.57. The van der Waals surface area contributed by atoms with Gasteiger partial charge in [-0.25, -0.2) is 8.42 Å². The van der Waals surface area contributed by atoms with Crippen LogP contribution in [0.1, 0.15) is 5.56 Å². The molecule has 3 aromatic rings. The predicted octanol–water partition coefficient (Wildman–Crippen LogP) is 4.49. The molecular weight excluding hydrogens is 473 g/mol. The second-order valence-electron chi connectivity index (χ2n) is 7.48. The van der Waals surface area contributed by atoms with Crippen LogP contribution in [-0.2, 0) is 14.8 Å². The Labute approximate surface area is 193 Å². The number of nitrogens with zero attached hydrogens (tertiary/aromatic N) is 1. The van der Waals surface area contributed by atoms with E-state index in [0.717, 1.165) is 22.0 Å². The van der Waals surface area contributed by atoms with Crippen molar-refractivity contribution >= 4 is 27.3 Å². The molecule has 3 aromatic carbocycles. The number of ether oxygens (including phenoxy) is 2. The quantitative estimate of drug-likeness (QED) is 0.568. The number of hydrogen-bond donors (Lipinski definition) is 1. The summed E-state index contributed by atoms with van der Waals surface area (Å²) in [4.78, 5) is 12.9. The molecule has 1 amide bonds. The van der Waals surface area contributed by atoms with E-state index < -0.39 is 34.1 Å². The smallest absolute Gasteiger partial charge is 0.476 e. The largest absolute Gasteiger partial charge is 0.573 e. The number of sulfonamides is 1. The number of carbonyl (C=O) groups excluding carboxylic acids is 1. The Hall–Kier alpha value is -3.73. The van der Waals surface area contributed by atoms with Gasteiger partial charge in [0.1, 0.15) is 11.5 Å². The van der Waals surface area contributed by atoms with Gasteiger partial charge in [-0.15, -0.1) is 13.2 Å². The monoisotopic (exact) mass is 492 g/mol. The van der Waals surface area contributed by atoms with Crippen LogP contribution in [0.2, 0.25) is 0 Å². The molecule has 7 nitrogen and oxygen atoms in total. The van der Waals surface area contributed by atoms with Crippen LogP contribution in [0.3, 0.4) is 0 Å². The molecule has 0 radical (unpaired) electrons. The fraction of sp³-hybridized carbons (Fsp3) is 0.174. The predicted molar refractivity (Wildman–Crippen MR) is 118 cm³/mol. The molecule has 34 heavy (non-hydrogen) atoms. The first kappa shape index (κ1) is 23.4. The number of nitrogens with one attached hydrogen (secondary N) is 1. The Kier molecular flexibility index (Phi) is 6.13. The highest BCUT2D eigenvalue weighted by Crippen LogP contribution is 2.37. The maximum atomic E-state index is 13.4. The second kappa shape index (κ2) is 8.90. The van der Waals surface area contributed by atoms with Crippen LogP contribution in [0, 0.1) is 6.92 Å². The van der Waals surface area contributed by atoms with Gasteiger partial charge in [0.25, 0.3) is 15.9 Å². The molecule has 0 fully saturated rings. The van der Waals surface area contributed by atoms with Crippen LogP contribution in [0.25, 0.3) is 0 Å². The molecule has 0 saturated carbocycles. The van der Waals surface area contributed by atoms with E-state index in [-0.39, 0.29) is 22.9 Å². The number of para-hydroxylation sites is 2. The van der Waals surface area contributed by atoms with Gasteiger partial charge in [0.2, 0.25) is 0 Å². The summed E-state index contributed by atoms with van der Waals surface area (Å²) in [5.41, 5.74) is 1.38. The number of hydrogen-bond acceptors (Lipinski definition) is 5. The van der Waals surface area contributed by atoms with Gasteiger partial charge in [-0.3, -0.25) is 9.10 Å². The third-order valence-corrected chi connectivity index (χ3v) is 6.79. The van der Waals surface area contributed by atoms with Crippen LogP contribution < -0.4 is 19.1 Å². The third-order valence-electron chi connectivity index (χ3n) is 4.99. The molecule has 0 unspecified atom stereocenters. The topological polar surface area (TPSA) is 84.9 Å². The molecule has 0 saturated heterocycles. The lowest BCUT2D eigenvalue weighted by molar-refractivity contribution is -0.274. The molecular formula is C23H19F3N2O5S. The molecule has 1 aliphatic heterocycles. The van der Waals surface area contributed by atoms with E-state index in [2.05, 4.69) is 10.1 Å². The molecule has 0 aromatic heterocycles. The van der Waals surface area contributed by atoms with Crippen molar-refractivity contribution < 1.29 is 35.9 Å². The highest BCUT2D eigenvalue weighted by molar-refractivity contribution is 7.92. The van der Waals surface area contributed by atoms with E-state index in [1.165, 1.54) is 24.3 Å². The summed E-state index contributed by atoms with van der Waals surface area (Å²) in [6.45, 7) is 1.54. The number of anilines is 2. The third kappa shape index (κ3) is 5.09. The number of aryl methyl sites for hydroxylation is 1. The highest BCUT2D eigenvalue weighted by Gasteiger charge is 2.37. The molecule has 178 valence electrons. The summed E-state index contributed by atoms with van der Waals surface area (Å²) in [7, 11) is -4.00. The summed E-state index contributed by atoms with van der Waals surface area (Å²) < 4.78 is 74.4. The number of benzene rings is 3. The van der Waals surface area contributed by atoms with Crippen molar-refractivity contribution in [3.05, 3.63) is 78.4 Å². The van der Waals surface area contributed by atoms with Crippen molar-refractivity contribution in [1.29, 1.82) is 0 Å². The van der Waals surface area contributed by atoms with Crippen LogP contribution in [-0.4, -0.2) is 33.3 Å². The van der Waals surface area contributed by atoms with Crippen molar-refractivity contribution in [1.82, 2.24) is 0 Å². The Bertz CT molecular complexity index is 1290. The lowest BCUT2D eigenvalue weighted by Gasteiger charge is -2.34. The minimum Gasteiger partial charge on any atom is -0.476 e. The SMILES string of the molecule is Cc1ccc(S(=O)(=O)N2C[C@H](C(=O)Nc3ccc(OC(F)(F)F)cc3)Oc3ccccc32)cc1. The van der Waals surface area contributed by atoms with E-state index >= 15 is 0 Å². The van der Waals surface area contributed by atoms with Crippen molar-refractivity contribution in [2.75, 3.05) is 16.2 Å². The summed E-state index contributed by atoms with van der Waals surface area (Å²) >= 11 is 0. The summed E-state index contributed by atoms with van der Waals surface area (Å²) in [5, 5.41) is 2.53. The van der Waals surface area contributed by atoms with Gasteiger partial charge >= 0.3 is 6.36 Å². The Morgan fingerprint density at radius 3 is 2.32 bits per heavy atom. The summed E-state index contributed by atoms with van der Waals surface area (Å²) in [6, 6.07) is 17.3. The average molecular weight is 492 g/mol. The van der Waals surface area contributed by atoms with Crippen molar-refractivity contribution in [2.45, 2.75) is 24.3 Å². The fourth-order valence-corrected chi connectivity index (χ4v) is 4.84. The minimum atomic E-state index is -4.83. The van der Waals surface area contributed by atoms with Gasteiger partial charge in [0, 0.05) is 5.69 Å². The van der Waals surface area contributed by atoms with Crippen molar-refractivity contribution in [3.63, 3.8) is 0 Å². The molecule has 0 spiro atoms. The molecule has 4 rings (SSSR count). The number of alkyl halides is 3. The normalized spacial score (nSPS) is 15.8. The van der Waals surface area contributed by atoms with Gasteiger partial charge in [-0.2, -0.15) is 0 Å². The van der Waals surface area contributed by atoms with E-state index in [9.17, 15) is 26.4 Å². The zero-order chi connectivity index (χ0) is 24.5. The maximum absolute atomic E-state index is 13.4. The molecule has 0 aliphatic carbocycles. The molecule has 1 heterocycles. The fourth-order valence-electron chi connectivity index (χ4n) is 3.37. The minimum absolute atomic E-state index is 0.0641. The number of rotatable bonds is 5. The van der Waals surface area contributed by atoms with Crippen LogP contribution in [0.5, 0.6) is 11.5 Å². The zero-order valence-electron chi connectivity index (χ0n) is 17.7. The number of fused-ring (bicyclic) bond motifs is 1. The second-order valence-corrected chi connectivity index (χ2v) is 9.35. The number of amides is 1. The average Bonchev–Trinajstić information content (AvgIpc) is 2.79. The summed E-state index contributed by atoms with van der Waals surface area (Å²) in [6.07, 6.45) is -6.04. The molecule has 0 bridgehead atoms.